The molecule has 0 aromatic heterocycles. The van der Waals surface area contributed by atoms with Crippen LogP contribution in [-0.2, 0) is 16.4 Å². The van der Waals surface area contributed by atoms with Crippen molar-refractivity contribution in [2.75, 3.05) is 13.1 Å². The number of amides is 1. The number of hydrogen-bond acceptors (Lipinski definition) is 3. The van der Waals surface area contributed by atoms with E-state index >= 15 is 0 Å². The quantitative estimate of drug-likeness (QED) is 0.688. The van der Waals surface area contributed by atoms with Gasteiger partial charge in [0.05, 0.1) is 10.9 Å². The van der Waals surface area contributed by atoms with Gasteiger partial charge in [0.1, 0.15) is 0 Å². The summed E-state index contributed by atoms with van der Waals surface area (Å²) >= 11 is 0. The van der Waals surface area contributed by atoms with E-state index in [0.717, 1.165) is 51.4 Å². The molecule has 0 spiro atoms. The maximum Gasteiger partial charge on any atom is 0.254 e. The Balaban J connectivity index is 1.38. The van der Waals surface area contributed by atoms with Crippen molar-refractivity contribution in [2.45, 2.75) is 68.3 Å². The van der Waals surface area contributed by atoms with Crippen molar-refractivity contribution in [1.82, 2.24) is 9.21 Å². The van der Waals surface area contributed by atoms with Gasteiger partial charge in [0.25, 0.3) is 5.91 Å². The molecule has 1 amide bonds. The average molecular weight is 439 g/mol. The summed E-state index contributed by atoms with van der Waals surface area (Å²) in [5, 5.41) is 0. The number of hydrogen-bond donors (Lipinski definition) is 0. The zero-order valence-electron chi connectivity index (χ0n) is 17.9. The highest BCUT2D eigenvalue weighted by molar-refractivity contribution is 7.89. The van der Waals surface area contributed by atoms with Crippen LogP contribution in [-0.4, -0.2) is 42.7 Å². The van der Waals surface area contributed by atoms with Crippen LogP contribution in [0.3, 0.4) is 0 Å². The summed E-state index contributed by atoms with van der Waals surface area (Å²) in [4.78, 5) is 15.8. The van der Waals surface area contributed by atoms with Gasteiger partial charge in [-0.3, -0.25) is 4.79 Å². The fourth-order valence-electron chi connectivity index (χ4n) is 5.09. The smallest absolute Gasteiger partial charge is 0.254 e. The van der Waals surface area contributed by atoms with E-state index in [1.807, 2.05) is 0 Å². The first-order valence-electron chi connectivity index (χ1n) is 11.6. The molecule has 1 saturated carbocycles. The Morgan fingerprint density at radius 1 is 0.871 bits per heavy atom. The fraction of sp³-hybridized carbons (Fsp3) is 0.480. The normalized spacial score (nSPS) is 22.0. The molecule has 5 rings (SSSR count). The van der Waals surface area contributed by atoms with Gasteiger partial charge in [-0.1, -0.05) is 37.1 Å². The number of carbonyl (C=O) groups is 1. The van der Waals surface area contributed by atoms with E-state index in [2.05, 4.69) is 29.2 Å². The van der Waals surface area contributed by atoms with Crippen molar-refractivity contribution in [1.29, 1.82) is 0 Å². The van der Waals surface area contributed by atoms with Crippen LogP contribution in [0.1, 0.15) is 72.5 Å². The van der Waals surface area contributed by atoms with E-state index in [1.54, 1.807) is 28.6 Å². The Bertz CT molecular complexity index is 1050. The molecule has 0 N–H and O–H groups in total. The van der Waals surface area contributed by atoms with Gasteiger partial charge in [-0.2, -0.15) is 4.31 Å². The van der Waals surface area contributed by atoms with Gasteiger partial charge < -0.3 is 4.90 Å². The zero-order chi connectivity index (χ0) is 21.4. The SMILES string of the molecule is O=C(c1ccc(S(=O)(=O)N2CCCCCC2)cc1)N(C1CC1)C1CCc2ccccc21. The minimum atomic E-state index is -3.50. The first-order chi connectivity index (χ1) is 15.1. The van der Waals surface area contributed by atoms with Gasteiger partial charge in [0.15, 0.2) is 0 Å². The number of benzene rings is 2. The third kappa shape index (κ3) is 4.03. The van der Waals surface area contributed by atoms with Gasteiger partial charge in [-0.05, 0) is 73.9 Å². The van der Waals surface area contributed by atoms with Crippen LogP contribution in [0.5, 0.6) is 0 Å². The Morgan fingerprint density at radius 2 is 1.55 bits per heavy atom. The van der Waals surface area contributed by atoms with E-state index in [1.165, 1.54) is 11.1 Å². The summed E-state index contributed by atoms with van der Waals surface area (Å²) in [7, 11) is -3.50. The minimum absolute atomic E-state index is 0.0166. The molecule has 0 bridgehead atoms. The maximum atomic E-state index is 13.5. The molecule has 2 aromatic rings. The van der Waals surface area contributed by atoms with Crippen molar-refractivity contribution in [3.05, 3.63) is 65.2 Å². The predicted molar refractivity (Wildman–Crippen MR) is 120 cm³/mol. The van der Waals surface area contributed by atoms with E-state index in [-0.39, 0.29) is 16.8 Å². The lowest BCUT2D eigenvalue weighted by Crippen LogP contribution is -2.36. The summed E-state index contributed by atoms with van der Waals surface area (Å²) in [5.74, 6) is 0.0166. The molecule has 3 aliphatic rings. The summed E-state index contributed by atoms with van der Waals surface area (Å²) in [6, 6.07) is 15.5. The lowest BCUT2D eigenvalue weighted by Gasteiger charge is -2.30. The summed E-state index contributed by atoms with van der Waals surface area (Å²) in [6.45, 7) is 1.17. The van der Waals surface area contributed by atoms with Crippen LogP contribution in [0.2, 0.25) is 0 Å². The van der Waals surface area contributed by atoms with E-state index in [0.29, 0.717) is 24.7 Å². The lowest BCUT2D eigenvalue weighted by atomic mass is 10.1. The maximum absolute atomic E-state index is 13.5. The molecular formula is C25H30N2O3S. The minimum Gasteiger partial charge on any atom is -0.329 e. The van der Waals surface area contributed by atoms with Crippen LogP contribution >= 0.6 is 0 Å². The van der Waals surface area contributed by atoms with Crippen LogP contribution in [0, 0.1) is 0 Å². The molecule has 31 heavy (non-hydrogen) atoms. The first-order valence-corrected chi connectivity index (χ1v) is 13.0. The Labute approximate surface area is 185 Å². The number of rotatable bonds is 5. The highest BCUT2D eigenvalue weighted by Crippen LogP contribution is 2.42. The molecule has 2 aliphatic carbocycles. The summed E-state index contributed by atoms with van der Waals surface area (Å²) < 4.78 is 27.7. The molecule has 1 saturated heterocycles. The van der Waals surface area contributed by atoms with Crippen molar-refractivity contribution >= 4 is 15.9 Å². The van der Waals surface area contributed by atoms with Gasteiger partial charge in [0, 0.05) is 24.7 Å². The molecule has 5 nitrogen and oxygen atoms in total. The highest BCUT2D eigenvalue weighted by Gasteiger charge is 2.40. The Kier molecular flexibility index (Phi) is 5.61. The van der Waals surface area contributed by atoms with E-state index in [9.17, 15) is 13.2 Å². The number of fused-ring (bicyclic) bond motifs is 1. The summed E-state index contributed by atoms with van der Waals surface area (Å²) in [6.07, 6.45) is 8.05. The first kappa shape index (κ1) is 20.7. The van der Waals surface area contributed by atoms with Crippen molar-refractivity contribution in [2.24, 2.45) is 0 Å². The lowest BCUT2D eigenvalue weighted by molar-refractivity contribution is 0.0658. The number of nitrogens with zero attached hydrogens (tertiary/aromatic N) is 2. The second-order valence-corrected chi connectivity index (χ2v) is 11.0. The second-order valence-electron chi connectivity index (χ2n) is 9.04. The molecule has 1 atom stereocenters. The van der Waals surface area contributed by atoms with Crippen LogP contribution in [0.15, 0.2) is 53.4 Å². The molecule has 164 valence electrons. The highest BCUT2D eigenvalue weighted by atomic mass is 32.2. The molecular weight excluding hydrogens is 408 g/mol. The van der Waals surface area contributed by atoms with Crippen molar-refractivity contribution < 1.29 is 13.2 Å². The van der Waals surface area contributed by atoms with Crippen LogP contribution < -0.4 is 0 Å². The molecule has 1 heterocycles. The molecule has 0 radical (unpaired) electrons. The van der Waals surface area contributed by atoms with Crippen molar-refractivity contribution in [3.63, 3.8) is 0 Å². The van der Waals surface area contributed by atoms with E-state index < -0.39 is 10.0 Å². The molecule has 6 heteroatoms. The van der Waals surface area contributed by atoms with Gasteiger partial charge in [0.2, 0.25) is 10.0 Å². The van der Waals surface area contributed by atoms with Crippen LogP contribution in [0.4, 0.5) is 0 Å². The Hall–Kier alpha value is -2.18. The molecule has 2 aromatic carbocycles. The average Bonchev–Trinajstić information content (AvgIpc) is 3.58. The van der Waals surface area contributed by atoms with Gasteiger partial charge >= 0.3 is 0 Å². The van der Waals surface area contributed by atoms with Crippen molar-refractivity contribution in [3.8, 4) is 0 Å². The Morgan fingerprint density at radius 3 is 2.23 bits per heavy atom. The second kappa shape index (κ2) is 8.40. The molecule has 1 aliphatic heterocycles. The van der Waals surface area contributed by atoms with Gasteiger partial charge in [-0.15, -0.1) is 0 Å². The molecule has 1 unspecified atom stereocenters. The topological polar surface area (TPSA) is 57.7 Å². The third-order valence-corrected chi connectivity index (χ3v) is 8.83. The third-order valence-electron chi connectivity index (χ3n) is 6.92. The number of aryl methyl sites for hydroxylation is 1. The number of sulfonamides is 1. The zero-order valence-corrected chi connectivity index (χ0v) is 18.7. The standard InChI is InChI=1S/C25H30N2O3S/c28-25(27(21-12-13-21)24-16-11-19-7-3-4-8-23(19)24)20-9-14-22(15-10-20)31(29,30)26-17-5-1-2-6-18-26/h3-4,7-10,14-15,21,24H,1-2,5-6,11-13,16-18H2. The van der Waals surface area contributed by atoms with Crippen LogP contribution in [0.25, 0.3) is 0 Å². The van der Waals surface area contributed by atoms with Gasteiger partial charge in [-0.25, -0.2) is 8.42 Å². The number of carbonyl (C=O) groups excluding carboxylic acids is 1. The monoisotopic (exact) mass is 438 g/mol. The fourth-order valence-corrected chi connectivity index (χ4v) is 6.60. The predicted octanol–water partition coefficient (Wildman–Crippen LogP) is 4.54. The van der Waals surface area contributed by atoms with E-state index in [4.69, 9.17) is 0 Å². The summed E-state index contributed by atoms with van der Waals surface area (Å²) in [5.41, 5.74) is 3.18. The molecule has 2 fully saturated rings. The largest absolute Gasteiger partial charge is 0.329 e.